The van der Waals surface area contributed by atoms with Gasteiger partial charge in [0, 0.05) is 50.2 Å². The molecule has 0 spiro atoms. The molecule has 1 N–H and O–H groups in total. The van der Waals surface area contributed by atoms with E-state index in [1.807, 2.05) is 29.4 Å². The number of hydrogen-bond donors (Lipinski definition) is 1. The highest BCUT2D eigenvalue weighted by molar-refractivity contribution is 5.96. The molecule has 14 heteroatoms. The van der Waals surface area contributed by atoms with Gasteiger partial charge in [0.25, 0.3) is 5.91 Å². The molecule has 3 aliphatic heterocycles. The first-order valence-corrected chi connectivity index (χ1v) is 12.7. The van der Waals surface area contributed by atoms with Crippen LogP contribution in [0.5, 0.6) is 0 Å². The van der Waals surface area contributed by atoms with Crippen LogP contribution in [0.2, 0.25) is 0 Å². The van der Waals surface area contributed by atoms with E-state index in [2.05, 4.69) is 41.3 Å². The average molecular weight is 539 g/mol. The van der Waals surface area contributed by atoms with E-state index in [1.165, 1.54) is 11.0 Å². The molecular formula is C25H25F3N10O. The van der Waals surface area contributed by atoms with Crippen molar-refractivity contribution < 1.29 is 18.0 Å². The number of hydrogen-bond acceptors (Lipinski definition) is 9. The minimum atomic E-state index is -4.71. The summed E-state index contributed by atoms with van der Waals surface area (Å²) in [5, 5.41) is 17.4. The molecule has 202 valence electrons. The molecule has 1 saturated heterocycles. The smallest absolute Gasteiger partial charge is 0.350 e. The number of halogens is 3. The SMILES string of the molecule is N#CC[C@]1(n2cc(C3N=CN=C4NC=CC43)cn2)C[C@H](N2CCN(C(=O)c3ccnc(C(F)(F)F)n3)CC2)C1. The van der Waals surface area contributed by atoms with Gasteiger partial charge in [0.1, 0.15) is 17.9 Å². The molecule has 1 amide bonds. The zero-order valence-electron chi connectivity index (χ0n) is 20.8. The van der Waals surface area contributed by atoms with Gasteiger partial charge in [-0.25, -0.2) is 15.0 Å². The number of fused-ring (bicyclic) bond motifs is 1. The van der Waals surface area contributed by atoms with Crippen LogP contribution in [-0.2, 0) is 11.7 Å². The molecule has 2 atom stereocenters. The molecule has 0 aromatic carbocycles. The quantitative estimate of drug-likeness (QED) is 0.618. The Labute approximate surface area is 221 Å². The van der Waals surface area contributed by atoms with Crippen molar-refractivity contribution in [1.29, 1.82) is 5.26 Å². The van der Waals surface area contributed by atoms with Gasteiger partial charge < -0.3 is 10.2 Å². The summed E-state index contributed by atoms with van der Waals surface area (Å²) < 4.78 is 40.7. The van der Waals surface area contributed by atoms with Crippen molar-refractivity contribution >= 4 is 18.1 Å². The van der Waals surface area contributed by atoms with E-state index in [0.29, 0.717) is 32.6 Å². The number of nitrogens with one attached hydrogen (secondary N) is 1. The molecule has 5 heterocycles. The number of rotatable bonds is 5. The van der Waals surface area contributed by atoms with Crippen LogP contribution in [0.4, 0.5) is 13.2 Å². The molecule has 6 rings (SSSR count). The molecule has 0 bridgehead atoms. The molecule has 11 nitrogen and oxygen atoms in total. The van der Waals surface area contributed by atoms with Crippen LogP contribution in [0, 0.1) is 17.2 Å². The number of carbonyl (C=O) groups excluding carboxylic acids is 1. The van der Waals surface area contributed by atoms with Crippen molar-refractivity contribution in [1.82, 2.24) is 34.9 Å². The minimum absolute atomic E-state index is 0.0371. The van der Waals surface area contributed by atoms with Crippen LogP contribution in [-0.4, -0.2) is 79.9 Å². The Hall–Kier alpha value is -4.12. The summed E-state index contributed by atoms with van der Waals surface area (Å²) in [4.78, 5) is 32.1. The second-order valence-electron chi connectivity index (χ2n) is 10.2. The molecule has 1 aliphatic carbocycles. The number of aliphatic imine (C=N–C) groups is 2. The Balaban J connectivity index is 1.08. The first-order valence-electron chi connectivity index (χ1n) is 12.7. The first kappa shape index (κ1) is 25.2. The number of nitriles is 1. The van der Waals surface area contributed by atoms with Gasteiger partial charge in [0.2, 0.25) is 5.82 Å². The van der Waals surface area contributed by atoms with Crippen molar-refractivity contribution in [3.8, 4) is 6.07 Å². The van der Waals surface area contributed by atoms with Crippen LogP contribution < -0.4 is 5.32 Å². The fraction of sp³-hybridized carbons (Fsp3) is 0.480. The summed E-state index contributed by atoms with van der Waals surface area (Å²) in [7, 11) is 0. The Morgan fingerprint density at radius 3 is 2.77 bits per heavy atom. The average Bonchev–Trinajstić information content (AvgIpc) is 3.60. The van der Waals surface area contributed by atoms with Crippen LogP contribution in [0.15, 0.2) is 46.9 Å². The van der Waals surface area contributed by atoms with Gasteiger partial charge in [-0.15, -0.1) is 0 Å². The Kier molecular flexibility index (Phi) is 6.17. The number of amidine groups is 1. The third-order valence-corrected chi connectivity index (χ3v) is 7.93. The van der Waals surface area contributed by atoms with Gasteiger partial charge in [-0.1, -0.05) is 6.08 Å². The van der Waals surface area contributed by atoms with Gasteiger partial charge >= 0.3 is 6.18 Å². The highest BCUT2D eigenvalue weighted by Gasteiger charge is 2.49. The molecule has 1 saturated carbocycles. The standard InChI is InChI=1S/C25H25F3N10O/c26-25(27,28)23-31-6-2-19(35-23)22(39)37-9-7-36(8-10-37)17-11-24(12-17,3-4-29)38-14-16(13-34-38)20-18-1-5-30-21(18)33-15-32-20/h1-2,5-6,13-15,17-18,20H,3,7-12H2,(H,30,32,33)/t17-,18?,20?,24-. The van der Waals surface area contributed by atoms with Crippen LogP contribution in [0.25, 0.3) is 0 Å². The maximum absolute atomic E-state index is 12.9. The van der Waals surface area contributed by atoms with E-state index in [-0.39, 0.29) is 23.7 Å². The third kappa shape index (κ3) is 4.56. The lowest BCUT2D eigenvalue weighted by molar-refractivity contribution is -0.145. The molecule has 2 fully saturated rings. The summed E-state index contributed by atoms with van der Waals surface area (Å²) in [6, 6.07) is 3.61. The molecule has 4 aliphatic rings. The normalized spacial score (nSPS) is 28.3. The Bertz CT molecular complexity index is 1390. The Morgan fingerprint density at radius 2 is 2.03 bits per heavy atom. The summed E-state index contributed by atoms with van der Waals surface area (Å²) in [6.07, 6.45) is 7.30. The van der Waals surface area contributed by atoms with E-state index in [4.69, 9.17) is 0 Å². The molecule has 0 radical (unpaired) electrons. The van der Waals surface area contributed by atoms with E-state index in [1.54, 1.807) is 6.34 Å². The number of carbonyl (C=O) groups is 1. The third-order valence-electron chi connectivity index (χ3n) is 7.93. The van der Waals surface area contributed by atoms with E-state index < -0.39 is 23.4 Å². The van der Waals surface area contributed by atoms with Crippen molar-refractivity contribution in [3.05, 3.63) is 54.0 Å². The molecule has 39 heavy (non-hydrogen) atoms. The predicted molar refractivity (Wildman–Crippen MR) is 132 cm³/mol. The van der Waals surface area contributed by atoms with Crippen molar-refractivity contribution in [2.75, 3.05) is 26.2 Å². The van der Waals surface area contributed by atoms with Gasteiger partial charge in [0.05, 0.1) is 36.2 Å². The van der Waals surface area contributed by atoms with Crippen LogP contribution in [0.3, 0.4) is 0 Å². The Morgan fingerprint density at radius 1 is 1.23 bits per heavy atom. The monoisotopic (exact) mass is 538 g/mol. The summed E-state index contributed by atoms with van der Waals surface area (Å²) in [6.45, 7) is 1.93. The number of aromatic nitrogens is 4. The van der Waals surface area contributed by atoms with Crippen molar-refractivity contribution in [2.45, 2.75) is 43.1 Å². The van der Waals surface area contributed by atoms with Crippen molar-refractivity contribution in [3.63, 3.8) is 0 Å². The lowest BCUT2D eigenvalue weighted by atomic mass is 9.70. The van der Waals surface area contributed by atoms with Gasteiger partial charge in [-0.2, -0.15) is 23.5 Å². The predicted octanol–water partition coefficient (Wildman–Crippen LogP) is 2.14. The number of nitrogens with zero attached hydrogens (tertiary/aromatic N) is 9. The van der Waals surface area contributed by atoms with E-state index >= 15 is 0 Å². The lowest BCUT2D eigenvalue weighted by Gasteiger charge is -2.52. The zero-order valence-corrected chi connectivity index (χ0v) is 20.8. The van der Waals surface area contributed by atoms with Gasteiger partial charge in [-0.05, 0) is 25.1 Å². The maximum atomic E-state index is 12.9. The minimum Gasteiger partial charge on any atom is -0.350 e. The highest BCUT2D eigenvalue weighted by Crippen LogP contribution is 2.45. The lowest BCUT2D eigenvalue weighted by Crippen LogP contribution is -2.60. The fourth-order valence-electron chi connectivity index (χ4n) is 5.81. The summed E-state index contributed by atoms with van der Waals surface area (Å²) in [5.41, 5.74) is 0.281. The van der Waals surface area contributed by atoms with Gasteiger partial charge in [0.15, 0.2) is 0 Å². The number of amides is 1. The zero-order chi connectivity index (χ0) is 27.2. The summed E-state index contributed by atoms with van der Waals surface area (Å²) >= 11 is 0. The van der Waals surface area contributed by atoms with Crippen LogP contribution in [0.1, 0.15) is 47.2 Å². The second-order valence-corrected chi connectivity index (χ2v) is 10.2. The molecule has 2 aromatic heterocycles. The van der Waals surface area contributed by atoms with Crippen LogP contribution >= 0.6 is 0 Å². The second kappa shape index (κ2) is 9.57. The fourth-order valence-corrected chi connectivity index (χ4v) is 5.81. The number of piperazine rings is 1. The maximum Gasteiger partial charge on any atom is 0.451 e. The van der Waals surface area contributed by atoms with E-state index in [9.17, 15) is 23.2 Å². The first-order chi connectivity index (χ1) is 18.8. The number of alkyl halides is 3. The van der Waals surface area contributed by atoms with Crippen molar-refractivity contribution in [2.24, 2.45) is 15.9 Å². The summed E-state index contributed by atoms with van der Waals surface area (Å²) in [5.74, 6) is -0.964. The van der Waals surface area contributed by atoms with E-state index in [0.717, 1.165) is 30.4 Å². The molecule has 2 aromatic rings. The molecule has 2 unspecified atom stereocenters. The van der Waals surface area contributed by atoms with Gasteiger partial charge in [-0.3, -0.25) is 19.4 Å². The largest absolute Gasteiger partial charge is 0.451 e. The topological polar surface area (TPSA) is 128 Å². The highest BCUT2D eigenvalue weighted by atomic mass is 19.4. The molecular weight excluding hydrogens is 513 g/mol.